The fraction of sp³-hybridized carbons (Fsp3) is 0.467. The summed E-state index contributed by atoms with van der Waals surface area (Å²) in [4.78, 5) is 25.6. The molecule has 0 saturated heterocycles. The molecule has 0 bridgehead atoms. The third-order valence-electron chi connectivity index (χ3n) is 2.86. The van der Waals surface area contributed by atoms with E-state index in [0.717, 1.165) is 6.42 Å². The van der Waals surface area contributed by atoms with E-state index in [2.05, 4.69) is 0 Å². The number of hydrogen-bond donors (Lipinski definition) is 1. The van der Waals surface area contributed by atoms with Crippen LogP contribution in [0, 0.1) is 0 Å². The molecule has 0 aliphatic carbocycles. The number of methoxy groups -OCH3 is 1. The molecule has 1 aromatic rings. The average Bonchev–Trinajstić information content (AvgIpc) is 2.46. The zero-order valence-corrected chi connectivity index (χ0v) is 12.7. The van der Waals surface area contributed by atoms with Crippen molar-refractivity contribution in [1.29, 1.82) is 0 Å². The molecule has 1 amide bonds. The van der Waals surface area contributed by atoms with E-state index in [-0.39, 0.29) is 19.1 Å². The van der Waals surface area contributed by atoms with E-state index in [1.165, 1.54) is 12.0 Å². The first kappa shape index (κ1) is 16.8. The summed E-state index contributed by atoms with van der Waals surface area (Å²) in [6, 6.07) is 4.82. The van der Waals surface area contributed by atoms with Gasteiger partial charge < -0.3 is 20.1 Å². The Kier molecular flexibility index (Phi) is 6.52. The number of esters is 1. The summed E-state index contributed by atoms with van der Waals surface area (Å²) in [6.07, 6.45) is 0.739. The lowest BCUT2D eigenvalue weighted by atomic mass is 10.1. The van der Waals surface area contributed by atoms with Crippen molar-refractivity contribution in [2.24, 2.45) is 0 Å². The van der Waals surface area contributed by atoms with Crippen LogP contribution in [0.5, 0.6) is 5.75 Å². The second-order valence-corrected chi connectivity index (χ2v) is 4.49. The van der Waals surface area contributed by atoms with Gasteiger partial charge in [0.2, 0.25) is 0 Å². The summed E-state index contributed by atoms with van der Waals surface area (Å²) in [5, 5.41) is 0. The van der Waals surface area contributed by atoms with Crippen LogP contribution in [0.1, 0.15) is 30.6 Å². The number of nitrogens with two attached hydrogens (primary N) is 1. The zero-order valence-electron chi connectivity index (χ0n) is 12.7. The SMILES string of the molecule is CCCN(CC(=O)OCC)C(=O)c1ccc(N)cc1OC. The molecule has 0 aliphatic rings. The van der Waals surface area contributed by atoms with Crippen molar-refractivity contribution >= 4 is 17.6 Å². The smallest absolute Gasteiger partial charge is 0.325 e. The van der Waals surface area contributed by atoms with Crippen LogP contribution in [0.25, 0.3) is 0 Å². The molecule has 0 spiro atoms. The minimum Gasteiger partial charge on any atom is -0.496 e. The van der Waals surface area contributed by atoms with Gasteiger partial charge in [-0.05, 0) is 25.5 Å². The molecule has 0 unspecified atom stereocenters. The summed E-state index contributed by atoms with van der Waals surface area (Å²) < 4.78 is 10.1. The lowest BCUT2D eigenvalue weighted by Crippen LogP contribution is -2.37. The summed E-state index contributed by atoms with van der Waals surface area (Å²) in [5.74, 6) is -0.305. The van der Waals surface area contributed by atoms with Crippen LogP contribution in [-0.2, 0) is 9.53 Å². The van der Waals surface area contributed by atoms with Crippen molar-refractivity contribution in [2.75, 3.05) is 32.5 Å². The molecule has 116 valence electrons. The third kappa shape index (κ3) is 4.66. The van der Waals surface area contributed by atoms with Crippen LogP contribution < -0.4 is 10.5 Å². The van der Waals surface area contributed by atoms with Crippen LogP contribution in [-0.4, -0.2) is 43.6 Å². The van der Waals surface area contributed by atoms with Gasteiger partial charge in [-0.3, -0.25) is 9.59 Å². The minimum atomic E-state index is -0.422. The number of nitrogen functional groups attached to an aromatic ring is 1. The largest absolute Gasteiger partial charge is 0.496 e. The van der Waals surface area contributed by atoms with E-state index in [9.17, 15) is 9.59 Å². The molecule has 0 heterocycles. The third-order valence-corrected chi connectivity index (χ3v) is 2.86. The van der Waals surface area contributed by atoms with Gasteiger partial charge in [-0.2, -0.15) is 0 Å². The molecule has 0 aliphatic heterocycles. The summed E-state index contributed by atoms with van der Waals surface area (Å²) in [6.45, 7) is 4.34. The van der Waals surface area contributed by atoms with E-state index in [1.807, 2.05) is 6.92 Å². The van der Waals surface area contributed by atoms with E-state index >= 15 is 0 Å². The van der Waals surface area contributed by atoms with Gasteiger partial charge in [0.05, 0.1) is 19.3 Å². The van der Waals surface area contributed by atoms with Crippen LogP contribution in [0.4, 0.5) is 5.69 Å². The Morgan fingerprint density at radius 2 is 2.00 bits per heavy atom. The predicted molar refractivity (Wildman–Crippen MR) is 80.2 cm³/mol. The summed E-state index contributed by atoms with van der Waals surface area (Å²) >= 11 is 0. The summed E-state index contributed by atoms with van der Waals surface area (Å²) in [5.41, 5.74) is 6.57. The Labute approximate surface area is 124 Å². The number of benzene rings is 1. The molecule has 6 heteroatoms. The maximum Gasteiger partial charge on any atom is 0.325 e. The molecule has 21 heavy (non-hydrogen) atoms. The highest BCUT2D eigenvalue weighted by Crippen LogP contribution is 2.23. The molecule has 2 N–H and O–H groups in total. The standard InChI is InChI=1S/C15H22N2O4/c1-4-8-17(10-14(18)21-5-2)15(19)12-7-6-11(16)9-13(12)20-3/h6-7,9H,4-5,8,10,16H2,1-3H3. The van der Waals surface area contributed by atoms with Crippen LogP contribution in [0.15, 0.2) is 18.2 Å². The van der Waals surface area contributed by atoms with Gasteiger partial charge >= 0.3 is 5.97 Å². The Bertz CT molecular complexity index is 502. The van der Waals surface area contributed by atoms with Gasteiger partial charge in [0, 0.05) is 18.3 Å². The average molecular weight is 294 g/mol. The van der Waals surface area contributed by atoms with Gasteiger partial charge in [-0.15, -0.1) is 0 Å². The first-order valence-electron chi connectivity index (χ1n) is 6.91. The Morgan fingerprint density at radius 3 is 2.57 bits per heavy atom. The molecule has 1 aromatic carbocycles. The number of amides is 1. The number of carbonyl (C=O) groups excluding carboxylic acids is 2. The van der Waals surface area contributed by atoms with Gasteiger partial charge in [-0.25, -0.2) is 0 Å². The topological polar surface area (TPSA) is 81.9 Å². The second kappa shape index (κ2) is 8.14. The fourth-order valence-corrected chi connectivity index (χ4v) is 1.94. The number of anilines is 1. The second-order valence-electron chi connectivity index (χ2n) is 4.49. The van der Waals surface area contributed by atoms with Gasteiger partial charge in [-0.1, -0.05) is 6.92 Å². The van der Waals surface area contributed by atoms with Crippen LogP contribution in [0.3, 0.4) is 0 Å². The van der Waals surface area contributed by atoms with Gasteiger partial charge in [0.15, 0.2) is 0 Å². The Morgan fingerprint density at radius 1 is 1.29 bits per heavy atom. The number of rotatable bonds is 7. The van der Waals surface area contributed by atoms with E-state index < -0.39 is 5.97 Å². The van der Waals surface area contributed by atoms with Crippen molar-refractivity contribution in [1.82, 2.24) is 4.90 Å². The molecular weight excluding hydrogens is 272 g/mol. The minimum absolute atomic E-state index is 0.0754. The van der Waals surface area contributed by atoms with E-state index in [0.29, 0.717) is 23.5 Å². The van der Waals surface area contributed by atoms with Crippen molar-refractivity contribution in [2.45, 2.75) is 20.3 Å². The predicted octanol–water partition coefficient (Wildman–Crippen LogP) is 1.69. The Hall–Kier alpha value is -2.24. The van der Waals surface area contributed by atoms with Crippen molar-refractivity contribution in [3.05, 3.63) is 23.8 Å². The quantitative estimate of drug-likeness (QED) is 0.611. The van der Waals surface area contributed by atoms with Crippen LogP contribution in [0.2, 0.25) is 0 Å². The highest BCUT2D eigenvalue weighted by Gasteiger charge is 2.21. The first-order chi connectivity index (χ1) is 10.0. The van der Waals surface area contributed by atoms with Crippen molar-refractivity contribution in [3.63, 3.8) is 0 Å². The number of hydrogen-bond acceptors (Lipinski definition) is 5. The van der Waals surface area contributed by atoms with Crippen molar-refractivity contribution < 1.29 is 19.1 Å². The van der Waals surface area contributed by atoms with Gasteiger partial charge in [0.25, 0.3) is 5.91 Å². The monoisotopic (exact) mass is 294 g/mol. The molecule has 0 saturated carbocycles. The molecule has 0 fully saturated rings. The lowest BCUT2D eigenvalue weighted by molar-refractivity contribution is -0.143. The highest BCUT2D eigenvalue weighted by molar-refractivity contribution is 5.98. The van der Waals surface area contributed by atoms with E-state index in [4.69, 9.17) is 15.2 Å². The molecule has 0 atom stereocenters. The fourth-order valence-electron chi connectivity index (χ4n) is 1.94. The zero-order chi connectivity index (χ0) is 15.8. The van der Waals surface area contributed by atoms with Crippen LogP contribution >= 0.6 is 0 Å². The maximum absolute atomic E-state index is 12.6. The number of nitrogens with zero attached hydrogens (tertiary/aromatic N) is 1. The maximum atomic E-state index is 12.6. The lowest BCUT2D eigenvalue weighted by Gasteiger charge is -2.22. The molecule has 1 rings (SSSR count). The van der Waals surface area contributed by atoms with E-state index in [1.54, 1.807) is 25.1 Å². The van der Waals surface area contributed by atoms with Crippen molar-refractivity contribution in [3.8, 4) is 5.75 Å². The number of ether oxygens (including phenoxy) is 2. The molecular formula is C15H22N2O4. The molecule has 0 aromatic heterocycles. The summed E-state index contributed by atoms with van der Waals surface area (Å²) in [7, 11) is 1.47. The molecule has 0 radical (unpaired) electrons. The molecule has 6 nitrogen and oxygen atoms in total. The van der Waals surface area contributed by atoms with Gasteiger partial charge in [0.1, 0.15) is 12.3 Å². The highest BCUT2D eigenvalue weighted by atomic mass is 16.5. The number of carbonyl (C=O) groups is 2. The normalized spacial score (nSPS) is 10.0. The Balaban J connectivity index is 2.97. The first-order valence-corrected chi connectivity index (χ1v) is 6.91.